The molecule has 5 heteroatoms. The van der Waals surface area contributed by atoms with Gasteiger partial charge in [0.25, 0.3) is 0 Å². The van der Waals surface area contributed by atoms with E-state index in [1.54, 1.807) is 0 Å². The highest BCUT2D eigenvalue weighted by atomic mass is 35.5. The van der Waals surface area contributed by atoms with E-state index in [1.165, 1.54) is 10.9 Å². The third kappa shape index (κ3) is 2.58. The van der Waals surface area contributed by atoms with E-state index in [1.807, 2.05) is 24.4 Å². The number of carbonyl (C=O) groups excluding carboxylic acids is 1. The van der Waals surface area contributed by atoms with Gasteiger partial charge >= 0.3 is 0 Å². The minimum atomic E-state index is -0.842. The maximum Gasteiger partial charge on any atom is 0.226 e. The number of benzene rings is 1. The second-order valence-electron chi connectivity index (χ2n) is 4.92. The van der Waals surface area contributed by atoms with Gasteiger partial charge in [0.1, 0.15) is 4.33 Å². The van der Waals surface area contributed by atoms with Gasteiger partial charge in [-0.2, -0.15) is 0 Å². The van der Waals surface area contributed by atoms with Crippen LogP contribution in [0.15, 0.2) is 30.5 Å². The number of alkyl halides is 2. The summed E-state index contributed by atoms with van der Waals surface area (Å²) in [4.78, 5) is 14.9. The van der Waals surface area contributed by atoms with Gasteiger partial charge in [0.05, 0.1) is 5.92 Å². The Kier molecular flexibility index (Phi) is 3.19. The van der Waals surface area contributed by atoms with Crippen LogP contribution in [0.5, 0.6) is 0 Å². The van der Waals surface area contributed by atoms with Gasteiger partial charge < -0.3 is 10.3 Å². The molecule has 100 valence electrons. The Morgan fingerprint density at radius 1 is 1.42 bits per heavy atom. The fourth-order valence-electron chi connectivity index (χ4n) is 2.28. The number of rotatable bonds is 4. The molecule has 1 amide bonds. The molecule has 1 fully saturated rings. The van der Waals surface area contributed by atoms with Gasteiger partial charge in [-0.25, -0.2) is 0 Å². The number of nitrogens with one attached hydrogen (secondary N) is 2. The van der Waals surface area contributed by atoms with Crippen LogP contribution in [0.3, 0.4) is 0 Å². The molecule has 0 bridgehead atoms. The zero-order valence-electron chi connectivity index (χ0n) is 10.2. The van der Waals surface area contributed by atoms with E-state index < -0.39 is 4.33 Å². The third-order valence-electron chi connectivity index (χ3n) is 3.51. The lowest BCUT2D eigenvalue weighted by Gasteiger charge is -2.04. The summed E-state index contributed by atoms with van der Waals surface area (Å²) in [7, 11) is 0. The Morgan fingerprint density at radius 2 is 2.16 bits per heavy atom. The van der Waals surface area contributed by atoms with E-state index in [9.17, 15) is 4.79 Å². The predicted molar refractivity (Wildman–Crippen MR) is 77.6 cm³/mol. The molecule has 1 aromatic carbocycles. The summed E-state index contributed by atoms with van der Waals surface area (Å²) in [6.07, 6.45) is 3.33. The van der Waals surface area contributed by atoms with Crippen molar-refractivity contribution >= 4 is 40.0 Å². The first-order valence-corrected chi connectivity index (χ1v) is 7.04. The number of amides is 1. The lowest BCUT2D eigenvalue weighted by molar-refractivity contribution is -0.122. The van der Waals surface area contributed by atoms with E-state index in [2.05, 4.69) is 16.4 Å². The zero-order valence-corrected chi connectivity index (χ0v) is 11.8. The number of carbonyl (C=O) groups is 1. The highest BCUT2D eigenvalue weighted by Crippen LogP contribution is 2.53. The van der Waals surface area contributed by atoms with Crippen LogP contribution < -0.4 is 5.32 Å². The van der Waals surface area contributed by atoms with Crippen molar-refractivity contribution in [2.45, 2.75) is 17.2 Å². The molecule has 1 heterocycles. The summed E-state index contributed by atoms with van der Waals surface area (Å²) in [5.74, 6) is -0.302. The van der Waals surface area contributed by atoms with Crippen molar-refractivity contribution in [2.75, 3.05) is 6.54 Å². The Hall–Kier alpha value is -1.19. The lowest BCUT2D eigenvalue weighted by Crippen LogP contribution is -2.28. The topological polar surface area (TPSA) is 44.9 Å². The van der Waals surface area contributed by atoms with Crippen LogP contribution >= 0.6 is 23.2 Å². The number of H-pyrrole nitrogens is 1. The van der Waals surface area contributed by atoms with Gasteiger partial charge in [-0.1, -0.05) is 18.2 Å². The second kappa shape index (κ2) is 4.73. The molecule has 1 aliphatic carbocycles. The third-order valence-corrected chi connectivity index (χ3v) is 4.35. The standard InChI is InChI=1S/C14H14Cl2N2O/c15-14(16)7-11(14)13(19)17-6-5-9-8-18-12-4-2-1-3-10(9)12/h1-4,8,11,18H,5-7H2,(H,17,19)/t11-/m1/s1. The van der Waals surface area contributed by atoms with Crippen molar-refractivity contribution in [3.05, 3.63) is 36.0 Å². The molecule has 2 N–H and O–H groups in total. The van der Waals surface area contributed by atoms with Gasteiger partial charge in [0.2, 0.25) is 5.91 Å². The van der Waals surface area contributed by atoms with Crippen LogP contribution in [0.25, 0.3) is 10.9 Å². The number of aromatic nitrogens is 1. The van der Waals surface area contributed by atoms with E-state index in [0.717, 1.165) is 11.9 Å². The normalized spacial score (nSPS) is 20.4. The summed E-state index contributed by atoms with van der Waals surface area (Å²) >= 11 is 11.7. The first kappa shape index (κ1) is 12.8. The Balaban J connectivity index is 1.57. The molecule has 0 aliphatic heterocycles. The summed E-state index contributed by atoms with van der Waals surface area (Å²) < 4.78 is -0.842. The second-order valence-corrected chi connectivity index (χ2v) is 6.46. The Labute approximate surface area is 121 Å². The van der Waals surface area contributed by atoms with Crippen molar-refractivity contribution < 1.29 is 4.79 Å². The monoisotopic (exact) mass is 296 g/mol. The first-order valence-electron chi connectivity index (χ1n) is 6.28. The fourth-order valence-corrected chi connectivity index (χ4v) is 2.79. The molecule has 0 radical (unpaired) electrons. The summed E-state index contributed by atoms with van der Waals surface area (Å²) in [6.45, 7) is 0.598. The summed E-state index contributed by atoms with van der Waals surface area (Å²) in [6, 6.07) is 8.12. The van der Waals surface area contributed by atoms with Crippen LogP contribution in [0.4, 0.5) is 0 Å². The number of aromatic amines is 1. The molecule has 0 saturated heterocycles. The molecule has 1 saturated carbocycles. The molecule has 0 spiro atoms. The van der Waals surface area contributed by atoms with Crippen LogP contribution in [0.2, 0.25) is 0 Å². The summed E-state index contributed by atoms with van der Waals surface area (Å²) in [5, 5.41) is 4.08. The van der Waals surface area contributed by atoms with Gasteiger partial charge in [-0.3, -0.25) is 4.79 Å². The van der Waals surface area contributed by atoms with Crippen molar-refractivity contribution in [3.8, 4) is 0 Å². The molecule has 2 aromatic rings. The smallest absolute Gasteiger partial charge is 0.226 e. The minimum absolute atomic E-state index is 0.0511. The van der Waals surface area contributed by atoms with E-state index in [4.69, 9.17) is 23.2 Å². The molecular weight excluding hydrogens is 283 g/mol. The molecule has 3 rings (SSSR count). The number of hydrogen-bond acceptors (Lipinski definition) is 1. The van der Waals surface area contributed by atoms with Gasteiger partial charge in [-0.05, 0) is 24.5 Å². The number of fused-ring (bicyclic) bond motifs is 1. The van der Waals surface area contributed by atoms with E-state index >= 15 is 0 Å². The average molecular weight is 297 g/mol. The quantitative estimate of drug-likeness (QED) is 0.837. The van der Waals surface area contributed by atoms with Crippen molar-refractivity contribution in [1.82, 2.24) is 10.3 Å². The number of para-hydroxylation sites is 1. The van der Waals surface area contributed by atoms with Crippen LogP contribution in [-0.2, 0) is 11.2 Å². The predicted octanol–water partition coefficient (Wildman–Crippen LogP) is 3.02. The molecule has 19 heavy (non-hydrogen) atoms. The number of hydrogen-bond donors (Lipinski definition) is 2. The van der Waals surface area contributed by atoms with Crippen LogP contribution in [-0.4, -0.2) is 21.8 Å². The molecule has 1 aliphatic rings. The fraction of sp³-hybridized carbons (Fsp3) is 0.357. The number of halogens is 2. The van der Waals surface area contributed by atoms with Gasteiger partial charge in [0, 0.05) is 23.6 Å². The minimum Gasteiger partial charge on any atom is -0.361 e. The lowest BCUT2D eigenvalue weighted by atomic mass is 10.1. The highest BCUT2D eigenvalue weighted by molar-refractivity contribution is 6.52. The molecular formula is C14H14Cl2N2O. The first-order chi connectivity index (χ1) is 9.08. The maximum absolute atomic E-state index is 11.7. The van der Waals surface area contributed by atoms with Crippen molar-refractivity contribution in [3.63, 3.8) is 0 Å². The van der Waals surface area contributed by atoms with Crippen molar-refractivity contribution in [1.29, 1.82) is 0 Å². The summed E-state index contributed by atoms with van der Waals surface area (Å²) in [5.41, 5.74) is 2.32. The molecule has 0 unspecified atom stereocenters. The average Bonchev–Trinajstić information content (AvgIpc) is 2.85. The Morgan fingerprint density at radius 3 is 2.89 bits per heavy atom. The zero-order chi connectivity index (χ0) is 13.5. The Bertz CT molecular complexity index is 621. The van der Waals surface area contributed by atoms with Crippen molar-refractivity contribution in [2.24, 2.45) is 5.92 Å². The molecule has 1 atom stereocenters. The largest absolute Gasteiger partial charge is 0.361 e. The van der Waals surface area contributed by atoms with Gasteiger partial charge in [-0.15, -0.1) is 23.2 Å². The maximum atomic E-state index is 11.7. The van der Waals surface area contributed by atoms with Crippen LogP contribution in [0.1, 0.15) is 12.0 Å². The van der Waals surface area contributed by atoms with E-state index in [0.29, 0.717) is 13.0 Å². The van der Waals surface area contributed by atoms with Crippen LogP contribution in [0, 0.1) is 5.92 Å². The molecule has 3 nitrogen and oxygen atoms in total. The SMILES string of the molecule is O=C(NCCc1c[nH]c2ccccc12)[C@H]1CC1(Cl)Cl. The highest BCUT2D eigenvalue weighted by Gasteiger charge is 2.56. The molecule has 1 aromatic heterocycles. The van der Waals surface area contributed by atoms with E-state index in [-0.39, 0.29) is 11.8 Å². The van der Waals surface area contributed by atoms with Gasteiger partial charge in [0.15, 0.2) is 0 Å².